The molecular formula is C8H10N4. The summed E-state index contributed by atoms with van der Waals surface area (Å²) in [4.78, 5) is 8.23. The van der Waals surface area contributed by atoms with E-state index in [1.807, 2.05) is 24.6 Å². The number of anilines is 1. The van der Waals surface area contributed by atoms with Gasteiger partial charge in [0.2, 0.25) is 5.95 Å². The van der Waals surface area contributed by atoms with Gasteiger partial charge in [0.05, 0.1) is 5.52 Å². The molecule has 0 fully saturated rings. The van der Waals surface area contributed by atoms with Crippen LogP contribution in [-0.4, -0.2) is 14.5 Å². The fourth-order valence-corrected chi connectivity index (χ4v) is 1.19. The SMILES string of the molecule is Cc1cnc2nc(N)n(C)c2c1. The number of aryl methyl sites for hydroxylation is 2. The van der Waals surface area contributed by atoms with Crippen LogP contribution in [0, 0.1) is 6.92 Å². The molecule has 0 radical (unpaired) electrons. The molecule has 4 nitrogen and oxygen atoms in total. The lowest BCUT2D eigenvalue weighted by Crippen LogP contribution is -1.96. The van der Waals surface area contributed by atoms with Crippen LogP contribution in [0.1, 0.15) is 5.56 Å². The summed E-state index contributed by atoms with van der Waals surface area (Å²) in [7, 11) is 1.88. The molecule has 0 saturated heterocycles. The number of pyridine rings is 1. The highest BCUT2D eigenvalue weighted by Gasteiger charge is 2.04. The molecular weight excluding hydrogens is 152 g/mol. The van der Waals surface area contributed by atoms with Crippen LogP contribution in [-0.2, 0) is 7.05 Å². The van der Waals surface area contributed by atoms with Gasteiger partial charge in [0.25, 0.3) is 0 Å². The van der Waals surface area contributed by atoms with Gasteiger partial charge in [-0.2, -0.15) is 4.98 Å². The van der Waals surface area contributed by atoms with E-state index in [1.54, 1.807) is 6.20 Å². The maximum absolute atomic E-state index is 5.61. The molecule has 2 heterocycles. The number of hydrogen-bond donors (Lipinski definition) is 1. The zero-order valence-corrected chi connectivity index (χ0v) is 7.07. The first kappa shape index (κ1) is 7.09. The van der Waals surface area contributed by atoms with E-state index < -0.39 is 0 Å². The smallest absolute Gasteiger partial charge is 0.202 e. The van der Waals surface area contributed by atoms with Crippen LogP contribution in [0.5, 0.6) is 0 Å². The summed E-state index contributed by atoms with van der Waals surface area (Å²) in [6.07, 6.45) is 1.79. The normalized spacial score (nSPS) is 10.8. The Balaban J connectivity index is 2.88. The van der Waals surface area contributed by atoms with Crippen LogP contribution >= 0.6 is 0 Å². The molecule has 62 valence electrons. The molecule has 0 spiro atoms. The summed E-state index contributed by atoms with van der Waals surface area (Å²) in [5, 5.41) is 0. The van der Waals surface area contributed by atoms with Gasteiger partial charge < -0.3 is 10.3 Å². The molecule has 2 aromatic rings. The number of hydrogen-bond acceptors (Lipinski definition) is 3. The van der Waals surface area contributed by atoms with Crippen molar-refractivity contribution in [2.75, 3.05) is 5.73 Å². The first-order valence-corrected chi connectivity index (χ1v) is 3.73. The van der Waals surface area contributed by atoms with Gasteiger partial charge >= 0.3 is 0 Å². The minimum Gasteiger partial charge on any atom is -0.369 e. The third-order valence-corrected chi connectivity index (χ3v) is 1.91. The van der Waals surface area contributed by atoms with Gasteiger partial charge in [-0.25, -0.2) is 4.98 Å². The molecule has 0 aliphatic carbocycles. The molecule has 0 bridgehead atoms. The average Bonchev–Trinajstić information content (AvgIpc) is 2.31. The Hall–Kier alpha value is -1.58. The van der Waals surface area contributed by atoms with Gasteiger partial charge in [0.15, 0.2) is 5.65 Å². The van der Waals surface area contributed by atoms with Gasteiger partial charge in [-0.3, -0.25) is 0 Å². The predicted molar refractivity (Wildman–Crippen MR) is 47.7 cm³/mol. The van der Waals surface area contributed by atoms with Crippen molar-refractivity contribution < 1.29 is 0 Å². The van der Waals surface area contributed by atoms with Crippen LogP contribution in [0.2, 0.25) is 0 Å². The maximum Gasteiger partial charge on any atom is 0.202 e. The van der Waals surface area contributed by atoms with Crippen molar-refractivity contribution >= 4 is 17.1 Å². The minimum absolute atomic E-state index is 0.503. The largest absolute Gasteiger partial charge is 0.369 e. The molecule has 2 rings (SSSR count). The number of fused-ring (bicyclic) bond motifs is 1. The first-order valence-electron chi connectivity index (χ1n) is 3.73. The molecule has 0 aromatic carbocycles. The molecule has 0 amide bonds. The topological polar surface area (TPSA) is 56.7 Å². The van der Waals surface area contributed by atoms with Crippen molar-refractivity contribution in [3.63, 3.8) is 0 Å². The van der Waals surface area contributed by atoms with E-state index in [0.717, 1.165) is 11.1 Å². The number of nitrogens with zero attached hydrogens (tertiary/aromatic N) is 3. The predicted octanol–water partition coefficient (Wildman–Crippen LogP) is 0.859. The van der Waals surface area contributed by atoms with Crippen molar-refractivity contribution in [2.45, 2.75) is 6.92 Å². The number of rotatable bonds is 0. The van der Waals surface area contributed by atoms with Gasteiger partial charge in [0, 0.05) is 13.2 Å². The van der Waals surface area contributed by atoms with Crippen molar-refractivity contribution in [1.29, 1.82) is 0 Å². The number of aromatic nitrogens is 3. The Kier molecular flexibility index (Phi) is 1.30. The highest BCUT2D eigenvalue weighted by molar-refractivity contribution is 5.74. The molecule has 2 aromatic heterocycles. The number of nitrogens with two attached hydrogens (primary N) is 1. The highest BCUT2D eigenvalue weighted by atomic mass is 15.2. The Bertz CT molecular complexity index is 430. The van der Waals surface area contributed by atoms with E-state index in [0.29, 0.717) is 11.6 Å². The molecule has 0 saturated carbocycles. The monoisotopic (exact) mass is 162 g/mol. The fraction of sp³-hybridized carbons (Fsp3) is 0.250. The second-order valence-electron chi connectivity index (χ2n) is 2.88. The molecule has 4 heteroatoms. The van der Waals surface area contributed by atoms with Gasteiger partial charge in [0.1, 0.15) is 0 Å². The van der Waals surface area contributed by atoms with Crippen LogP contribution in [0.3, 0.4) is 0 Å². The summed E-state index contributed by atoms with van der Waals surface area (Å²) in [6, 6.07) is 2.02. The molecule has 0 atom stereocenters. The number of imidazole rings is 1. The molecule has 12 heavy (non-hydrogen) atoms. The quantitative estimate of drug-likeness (QED) is 0.625. The Morgan fingerprint density at radius 1 is 1.50 bits per heavy atom. The summed E-state index contributed by atoms with van der Waals surface area (Å²) in [6.45, 7) is 2.00. The Morgan fingerprint density at radius 3 is 3.00 bits per heavy atom. The second-order valence-corrected chi connectivity index (χ2v) is 2.88. The lowest BCUT2D eigenvalue weighted by molar-refractivity contribution is 0.964. The van der Waals surface area contributed by atoms with E-state index in [4.69, 9.17) is 5.73 Å². The van der Waals surface area contributed by atoms with Gasteiger partial charge in [-0.05, 0) is 18.6 Å². The standard InChI is InChI=1S/C8H10N4/c1-5-3-6-7(10-4-5)11-8(9)12(6)2/h3-4H,1-2H3,(H2,9,10,11). The summed E-state index contributed by atoms with van der Waals surface area (Å²) in [5.41, 5.74) is 8.42. The first-order chi connectivity index (χ1) is 5.68. The van der Waals surface area contributed by atoms with Crippen molar-refractivity contribution in [1.82, 2.24) is 14.5 Å². The molecule has 2 N–H and O–H groups in total. The van der Waals surface area contributed by atoms with E-state index in [1.165, 1.54) is 0 Å². The minimum atomic E-state index is 0.503. The maximum atomic E-state index is 5.61. The average molecular weight is 162 g/mol. The third kappa shape index (κ3) is 0.845. The lowest BCUT2D eigenvalue weighted by atomic mass is 10.3. The van der Waals surface area contributed by atoms with E-state index in [9.17, 15) is 0 Å². The van der Waals surface area contributed by atoms with E-state index in [2.05, 4.69) is 9.97 Å². The highest BCUT2D eigenvalue weighted by Crippen LogP contribution is 2.14. The van der Waals surface area contributed by atoms with Crippen LogP contribution in [0.15, 0.2) is 12.3 Å². The summed E-state index contributed by atoms with van der Waals surface area (Å²) in [5.74, 6) is 0.503. The third-order valence-electron chi connectivity index (χ3n) is 1.91. The second kappa shape index (κ2) is 2.20. The molecule has 0 unspecified atom stereocenters. The number of nitrogen functional groups attached to an aromatic ring is 1. The van der Waals surface area contributed by atoms with Crippen LogP contribution < -0.4 is 5.73 Å². The molecule has 0 aliphatic heterocycles. The van der Waals surface area contributed by atoms with Gasteiger partial charge in [-0.1, -0.05) is 0 Å². The molecule has 0 aliphatic rings. The zero-order valence-electron chi connectivity index (χ0n) is 7.07. The summed E-state index contributed by atoms with van der Waals surface area (Å²) >= 11 is 0. The van der Waals surface area contributed by atoms with Crippen molar-refractivity contribution in [3.8, 4) is 0 Å². The fourth-order valence-electron chi connectivity index (χ4n) is 1.19. The van der Waals surface area contributed by atoms with Crippen molar-refractivity contribution in [3.05, 3.63) is 17.8 Å². The van der Waals surface area contributed by atoms with Gasteiger partial charge in [-0.15, -0.1) is 0 Å². The lowest BCUT2D eigenvalue weighted by Gasteiger charge is -1.95. The zero-order chi connectivity index (χ0) is 8.72. The van der Waals surface area contributed by atoms with Crippen LogP contribution in [0.25, 0.3) is 11.2 Å². The van der Waals surface area contributed by atoms with Crippen LogP contribution in [0.4, 0.5) is 5.95 Å². The van der Waals surface area contributed by atoms with E-state index >= 15 is 0 Å². The Labute approximate surface area is 70.0 Å². The van der Waals surface area contributed by atoms with Crippen molar-refractivity contribution in [2.24, 2.45) is 7.05 Å². The summed E-state index contributed by atoms with van der Waals surface area (Å²) < 4.78 is 1.83. The van der Waals surface area contributed by atoms with E-state index in [-0.39, 0.29) is 0 Å². The Morgan fingerprint density at radius 2 is 2.25 bits per heavy atom.